The third-order valence-corrected chi connectivity index (χ3v) is 2.68. The molecule has 0 saturated heterocycles. The number of rotatable bonds is 4. The SMILES string of the molecule is Cc1ccc(CO)cc1NC(=O)/C=C/c1ccco1. The van der Waals surface area contributed by atoms with Crippen LogP contribution in [0.3, 0.4) is 0 Å². The normalized spacial score (nSPS) is 10.8. The fourth-order valence-corrected chi connectivity index (χ4v) is 1.62. The summed E-state index contributed by atoms with van der Waals surface area (Å²) in [4.78, 5) is 11.8. The number of nitrogens with one attached hydrogen (secondary N) is 1. The Hall–Kier alpha value is -2.33. The molecule has 0 aliphatic rings. The van der Waals surface area contributed by atoms with E-state index in [0.29, 0.717) is 11.4 Å². The predicted octanol–water partition coefficient (Wildman–Crippen LogP) is 2.73. The monoisotopic (exact) mass is 257 g/mol. The maximum absolute atomic E-state index is 11.8. The number of amides is 1. The number of carbonyl (C=O) groups is 1. The van der Waals surface area contributed by atoms with Gasteiger partial charge in [-0.1, -0.05) is 12.1 Å². The van der Waals surface area contributed by atoms with Gasteiger partial charge in [0.1, 0.15) is 5.76 Å². The molecule has 1 amide bonds. The van der Waals surface area contributed by atoms with E-state index in [1.807, 2.05) is 19.1 Å². The van der Waals surface area contributed by atoms with Crippen LogP contribution in [0.25, 0.3) is 6.08 Å². The zero-order chi connectivity index (χ0) is 13.7. The van der Waals surface area contributed by atoms with Crippen LogP contribution in [0.2, 0.25) is 0 Å². The number of aryl methyl sites for hydroxylation is 1. The summed E-state index contributed by atoms with van der Waals surface area (Å²) in [6.07, 6.45) is 4.55. The molecule has 0 fully saturated rings. The lowest BCUT2D eigenvalue weighted by Crippen LogP contribution is -2.09. The molecule has 0 aliphatic carbocycles. The Bertz CT molecular complexity index is 585. The van der Waals surface area contributed by atoms with Crippen molar-refractivity contribution >= 4 is 17.7 Å². The average molecular weight is 257 g/mol. The summed E-state index contributed by atoms with van der Waals surface area (Å²) in [5.74, 6) is 0.380. The molecule has 0 unspecified atom stereocenters. The van der Waals surface area contributed by atoms with E-state index in [0.717, 1.165) is 11.1 Å². The van der Waals surface area contributed by atoms with Crippen molar-refractivity contribution in [1.82, 2.24) is 0 Å². The van der Waals surface area contributed by atoms with Crippen LogP contribution in [0.1, 0.15) is 16.9 Å². The van der Waals surface area contributed by atoms with Gasteiger partial charge in [-0.2, -0.15) is 0 Å². The average Bonchev–Trinajstić information content (AvgIpc) is 2.92. The van der Waals surface area contributed by atoms with Gasteiger partial charge >= 0.3 is 0 Å². The Morgan fingerprint density at radius 3 is 2.95 bits per heavy atom. The van der Waals surface area contributed by atoms with Gasteiger partial charge in [-0.3, -0.25) is 4.79 Å². The van der Waals surface area contributed by atoms with Crippen LogP contribution in [-0.2, 0) is 11.4 Å². The molecule has 19 heavy (non-hydrogen) atoms. The standard InChI is InChI=1S/C15H15NO3/c1-11-4-5-12(10-17)9-14(11)16-15(18)7-6-13-3-2-8-19-13/h2-9,17H,10H2,1H3,(H,16,18)/b7-6+. The molecule has 2 rings (SSSR count). The van der Waals surface area contributed by atoms with E-state index in [4.69, 9.17) is 9.52 Å². The first-order chi connectivity index (χ1) is 9.19. The van der Waals surface area contributed by atoms with Gasteiger partial charge in [-0.25, -0.2) is 0 Å². The summed E-state index contributed by atoms with van der Waals surface area (Å²) in [7, 11) is 0. The lowest BCUT2D eigenvalue weighted by molar-refractivity contribution is -0.111. The minimum Gasteiger partial charge on any atom is -0.465 e. The van der Waals surface area contributed by atoms with Crippen LogP contribution >= 0.6 is 0 Å². The van der Waals surface area contributed by atoms with Crippen LogP contribution in [0.15, 0.2) is 47.1 Å². The van der Waals surface area contributed by atoms with E-state index in [2.05, 4.69) is 5.32 Å². The summed E-state index contributed by atoms with van der Waals surface area (Å²) in [6.45, 7) is 1.85. The van der Waals surface area contributed by atoms with Crippen LogP contribution in [0, 0.1) is 6.92 Å². The second-order valence-corrected chi connectivity index (χ2v) is 4.15. The van der Waals surface area contributed by atoms with Crippen LogP contribution in [0.5, 0.6) is 0 Å². The van der Waals surface area contributed by atoms with Crippen molar-refractivity contribution in [2.75, 3.05) is 5.32 Å². The van der Waals surface area contributed by atoms with E-state index >= 15 is 0 Å². The van der Waals surface area contributed by atoms with Crippen molar-refractivity contribution in [2.24, 2.45) is 0 Å². The van der Waals surface area contributed by atoms with Crippen LogP contribution in [0.4, 0.5) is 5.69 Å². The molecule has 98 valence electrons. The lowest BCUT2D eigenvalue weighted by atomic mass is 10.1. The largest absolute Gasteiger partial charge is 0.465 e. The Labute approximate surface area is 111 Å². The molecule has 1 aromatic heterocycles. The van der Waals surface area contributed by atoms with E-state index in [1.54, 1.807) is 30.5 Å². The number of furan rings is 1. The highest BCUT2D eigenvalue weighted by Gasteiger charge is 2.03. The summed E-state index contributed by atoms with van der Waals surface area (Å²) < 4.78 is 5.09. The third kappa shape index (κ3) is 3.56. The van der Waals surface area contributed by atoms with E-state index < -0.39 is 0 Å². The maximum atomic E-state index is 11.8. The minimum atomic E-state index is -0.241. The van der Waals surface area contributed by atoms with Gasteiger partial charge in [0.05, 0.1) is 12.9 Å². The van der Waals surface area contributed by atoms with Gasteiger partial charge in [-0.15, -0.1) is 0 Å². The van der Waals surface area contributed by atoms with E-state index in [-0.39, 0.29) is 12.5 Å². The number of aliphatic hydroxyl groups excluding tert-OH is 1. The molecule has 2 aromatic rings. The van der Waals surface area contributed by atoms with Crippen LogP contribution < -0.4 is 5.32 Å². The maximum Gasteiger partial charge on any atom is 0.248 e. The zero-order valence-corrected chi connectivity index (χ0v) is 10.6. The van der Waals surface area contributed by atoms with Crippen molar-refractivity contribution in [3.63, 3.8) is 0 Å². The van der Waals surface area contributed by atoms with Crippen molar-refractivity contribution < 1.29 is 14.3 Å². The molecule has 0 atom stereocenters. The molecule has 4 nitrogen and oxygen atoms in total. The van der Waals surface area contributed by atoms with Crippen LogP contribution in [-0.4, -0.2) is 11.0 Å². The van der Waals surface area contributed by atoms with Crippen molar-refractivity contribution in [3.8, 4) is 0 Å². The molecule has 1 heterocycles. The molecule has 0 spiro atoms. The summed E-state index contributed by atoms with van der Waals surface area (Å²) in [6, 6.07) is 8.96. The Balaban J connectivity index is 2.06. The van der Waals surface area contributed by atoms with Crippen molar-refractivity contribution in [1.29, 1.82) is 0 Å². The van der Waals surface area contributed by atoms with E-state index in [1.165, 1.54) is 6.08 Å². The number of anilines is 1. The molecular weight excluding hydrogens is 242 g/mol. The number of carbonyl (C=O) groups excluding carboxylic acids is 1. The fraction of sp³-hybridized carbons (Fsp3) is 0.133. The molecular formula is C15H15NO3. The van der Waals surface area contributed by atoms with Crippen molar-refractivity contribution in [2.45, 2.75) is 13.5 Å². The molecule has 0 saturated carbocycles. The number of benzene rings is 1. The summed E-state index contributed by atoms with van der Waals surface area (Å²) >= 11 is 0. The molecule has 1 aromatic carbocycles. The number of hydrogen-bond acceptors (Lipinski definition) is 3. The van der Waals surface area contributed by atoms with Crippen molar-refractivity contribution in [3.05, 3.63) is 59.6 Å². The smallest absolute Gasteiger partial charge is 0.248 e. The first-order valence-electron chi connectivity index (χ1n) is 5.92. The second kappa shape index (κ2) is 6.02. The molecule has 4 heteroatoms. The zero-order valence-electron chi connectivity index (χ0n) is 10.6. The topological polar surface area (TPSA) is 62.5 Å². The molecule has 0 radical (unpaired) electrons. The highest BCUT2D eigenvalue weighted by Crippen LogP contribution is 2.17. The van der Waals surface area contributed by atoms with Gasteiger partial charge < -0.3 is 14.8 Å². The first kappa shape index (κ1) is 13.1. The molecule has 0 bridgehead atoms. The van der Waals surface area contributed by atoms with Gasteiger partial charge in [-0.05, 0) is 42.3 Å². The predicted molar refractivity (Wildman–Crippen MR) is 73.5 cm³/mol. The Morgan fingerprint density at radius 1 is 1.42 bits per heavy atom. The minimum absolute atomic E-state index is 0.0502. The fourth-order valence-electron chi connectivity index (χ4n) is 1.62. The Morgan fingerprint density at radius 2 is 2.26 bits per heavy atom. The molecule has 2 N–H and O–H groups in total. The number of aliphatic hydroxyl groups is 1. The summed E-state index contributed by atoms with van der Waals surface area (Å²) in [5.41, 5.74) is 2.40. The highest BCUT2D eigenvalue weighted by atomic mass is 16.3. The van der Waals surface area contributed by atoms with E-state index in [9.17, 15) is 4.79 Å². The van der Waals surface area contributed by atoms with Gasteiger partial charge in [0.25, 0.3) is 0 Å². The quantitative estimate of drug-likeness (QED) is 0.828. The highest BCUT2D eigenvalue weighted by molar-refractivity contribution is 6.02. The molecule has 0 aliphatic heterocycles. The van der Waals surface area contributed by atoms with Gasteiger partial charge in [0.15, 0.2) is 0 Å². The second-order valence-electron chi connectivity index (χ2n) is 4.15. The third-order valence-electron chi connectivity index (χ3n) is 2.68. The summed E-state index contributed by atoms with van der Waals surface area (Å²) in [5, 5.41) is 11.8. The Kier molecular flexibility index (Phi) is 4.15. The number of hydrogen-bond donors (Lipinski definition) is 2. The lowest BCUT2D eigenvalue weighted by Gasteiger charge is -2.08. The first-order valence-corrected chi connectivity index (χ1v) is 5.92. The van der Waals surface area contributed by atoms with Gasteiger partial charge in [0, 0.05) is 11.8 Å². The van der Waals surface area contributed by atoms with Gasteiger partial charge in [0.2, 0.25) is 5.91 Å².